The lowest BCUT2D eigenvalue weighted by Crippen LogP contribution is -2.14. The van der Waals surface area contributed by atoms with Gasteiger partial charge in [0, 0.05) is 5.69 Å². The Balaban J connectivity index is 1.53. The quantitative estimate of drug-likeness (QED) is 0.663. The van der Waals surface area contributed by atoms with E-state index in [2.05, 4.69) is 15.3 Å². The highest BCUT2D eigenvalue weighted by atomic mass is 32.2. The van der Waals surface area contributed by atoms with Crippen LogP contribution >= 0.6 is 11.8 Å². The molecule has 0 saturated heterocycles. The van der Waals surface area contributed by atoms with Gasteiger partial charge in [0.1, 0.15) is 5.75 Å². The number of ether oxygens (including phenoxy) is 1. The molecular formula is C18H19N3O2S. The monoisotopic (exact) mass is 341 g/mol. The molecule has 0 atom stereocenters. The van der Waals surface area contributed by atoms with Gasteiger partial charge in [-0.1, -0.05) is 23.9 Å². The number of fused-ring (bicyclic) bond motifs is 1. The summed E-state index contributed by atoms with van der Waals surface area (Å²) in [6.45, 7) is 3.95. The number of thioether (sulfide) groups is 1. The fourth-order valence-electron chi connectivity index (χ4n) is 2.22. The van der Waals surface area contributed by atoms with Crippen molar-refractivity contribution in [2.24, 2.45) is 0 Å². The molecule has 2 N–H and O–H groups in total. The summed E-state index contributed by atoms with van der Waals surface area (Å²) in [5.41, 5.74) is 2.63. The van der Waals surface area contributed by atoms with Crippen LogP contribution in [0.25, 0.3) is 11.0 Å². The molecule has 3 rings (SSSR count). The van der Waals surface area contributed by atoms with E-state index in [0.29, 0.717) is 5.75 Å². The van der Waals surface area contributed by atoms with Crippen LogP contribution in [0.4, 0.5) is 5.69 Å². The number of nitrogens with one attached hydrogen (secondary N) is 2. The van der Waals surface area contributed by atoms with Crippen molar-refractivity contribution in [1.82, 2.24) is 9.97 Å². The van der Waals surface area contributed by atoms with Crippen molar-refractivity contribution in [2.75, 3.05) is 11.1 Å². The van der Waals surface area contributed by atoms with Gasteiger partial charge >= 0.3 is 0 Å². The number of aromatic amines is 1. The van der Waals surface area contributed by atoms with E-state index < -0.39 is 0 Å². The zero-order chi connectivity index (χ0) is 16.9. The average molecular weight is 341 g/mol. The minimum atomic E-state index is -0.0713. The summed E-state index contributed by atoms with van der Waals surface area (Å²) in [6, 6.07) is 15.2. The topological polar surface area (TPSA) is 67.0 Å². The molecule has 0 aliphatic rings. The zero-order valence-electron chi connectivity index (χ0n) is 13.6. The standard InChI is InChI=1S/C18H19N3O2S/c1-12(2)23-14-9-7-13(8-10-14)19-17(22)11-24-18-20-15-5-3-4-6-16(15)21-18/h3-10,12H,11H2,1-2H3,(H,19,22)(H,20,21). The Labute approximate surface area is 144 Å². The molecule has 24 heavy (non-hydrogen) atoms. The van der Waals surface area contributed by atoms with Gasteiger partial charge in [-0.2, -0.15) is 0 Å². The smallest absolute Gasteiger partial charge is 0.234 e. The first-order valence-corrected chi connectivity index (χ1v) is 8.73. The lowest BCUT2D eigenvalue weighted by atomic mass is 10.3. The van der Waals surface area contributed by atoms with Crippen molar-refractivity contribution in [1.29, 1.82) is 0 Å². The molecular weight excluding hydrogens is 322 g/mol. The Bertz CT molecular complexity index is 795. The van der Waals surface area contributed by atoms with Crippen molar-refractivity contribution < 1.29 is 9.53 Å². The number of benzene rings is 2. The fraction of sp³-hybridized carbons (Fsp3) is 0.222. The van der Waals surface area contributed by atoms with Crippen molar-refractivity contribution in [3.8, 4) is 5.75 Å². The molecule has 0 aliphatic carbocycles. The highest BCUT2D eigenvalue weighted by Crippen LogP contribution is 2.20. The van der Waals surface area contributed by atoms with Crippen LogP contribution in [0, 0.1) is 0 Å². The third kappa shape index (κ3) is 4.29. The summed E-state index contributed by atoms with van der Waals surface area (Å²) in [7, 11) is 0. The van der Waals surface area contributed by atoms with Gasteiger partial charge in [-0.3, -0.25) is 4.79 Å². The number of carbonyl (C=O) groups is 1. The van der Waals surface area contributed by atoms with Crippen LogP contribution in [-0.2, 0) is 4.79 Å². The van der Waals surface area contributed by atoms with Gasteiger partial charge in [0.15, 0.2) is 5.16 Å². The second-order valence-corrected chi connectivity index (χ2v) is 6.55. The van der Waals surface area contributed by atoms with Crippen molar-refractivity contribution in [3.05, 3.63) is 48.5 Å². The number of rotatable bonds is 6. The number of imidazole rings is 1. The van der Waals surface area contributed by atoms with Gasteiger partial charge in [0.05, 0.1) is 22.9 Å². The molecule has 0 fully saturated rings. The number of carbonyl (C=O) groups excluding carboxylic acids is 1. The van der Waals surface area contributed by atoms with E-state index in [0.717, 1.165) is 27.6 Å². The van der Waals surface area contributed by atoms with E-state index >= 15 is 0 Å². The Morgan fingerprint density at radius 3 is 2.67 bits per heavy atom. The Kier molecular flexibility index (Phi) is 5.05. The average Bonchev–Trinajstić information content (AvgIpc) is 2.97. The maximum Gasteiger partial charge on any atom is 0.234 e. The largest absolute Gasteiger partial charge is 0.491 e. The second-order valence-electron chi connectivity index (χ2n) is 5.59. The summed E-state index contributed by atoms with van der Waals surface area (Å²) in [5.74, 6) is 1.02. The van der Waals surface area contributed by atoms with E-state index in [1.807, 2.05) is 62.4 Å². The number of hydrogen-bond acceptors (Lipinski definition) is 4. The first-order valence-electron chi connectivity index (χ1n) is 7.74. The molecule has 124 valence electrons. The molecule has 0 unspecified atom stereocenters. The van der Waals surface area contributed by atoms with E-state index in [1.165, 1.54) is 11.8 Å². The molecule has 6 heteroatoms. The fourth-order valence-corrected chi connectivity index (χ4v) is 2.90. The first-order chi connectivity index (χ1) is 11.6. The van der Waals surface area contributed by atoms with Crippen LogP contribution in [0.5, 0.6) is 5.75 Å². The number of nitrogens with zero attached hydrogens (tertiary/aromatic N) is 1. The predicted molar refractivity (Wildman–Crippen MR) is 97.7 cm³/mol. The number of aromatic nitrogens is 2. The van der Waals surface area contributed by atoms with Crippen LogP contribution in [0.1, 0.15) is 13.8 Å². The molecule has 3 aromatic rings. The van der Waals surface area contributed by atoms with Crippen LogP contribution in [0.2, 0.25) is 0 Å². The normalized spacial score (nSPS) is 11.0. The highest BCUT2D eigenvalue weighted by molar-refractivity contribution is 7.99. The molecule has 1 amide bonds. The molecule has 2 aromatic carbocycles. The minimum absolute atomic E-state index is 0.0713. The van der Waals surface area contributed by atoms with E-state index in [4.69, 9.17) is 4.74 Å². The molecule has 0 radical (unpaired) electrons. The maximum atomic E-state index is 12.1. The molecule has 0 aliphatic heterocycles. The summed E-state index contributed by atoms with van der Waals surface area (Å²) in [5, 5.41) is 3.61. The SMILES string of the molecule is CC(C)Oc1ccc(NC(=O)CSc2nc3ccccc3[nH]2)cc1. The molecule has 5 nitrogen and oxygen atoms in total. The summed E-state index contributed by atoms with van der Waals surface area (Å²) in [4.78, 5) is 19.7. The number of para-hydroxylation sites is 2. The Morgan fingerprint density at radius 2 is 1.96 bits per heavy atom. The number of anilines is 1. The van der Waals surface area contributed by atoms with Gasteiger partial charge in [-0.25, -0.2) is 4.98 Å². The maximum absolute atomic E-state index is 12.1. The molecule has 0 spiro atoms. The highest BCUT2D eigenvalue weighted by Gasteiger charge is 2.07. The minimum Gasteiger partial charge on any atom is -0.491 e. The van der Waals surface area contributed by atoms with Crippen LogP contribution in [0.3, 0.4) is 0 Å². The number of H-pyrrole nitrogens is 1. The molecule has 1 aromatic heterocycles. The summed E-state index contributed by atoms with van der Waals surface area (Å²) < 4.78 is 5.58. The zero-order valence-corrected chi connectivity index (χ0v) is 14.4. The van der Waals surface area contributed by atoms with E-state index in [9.17, 15) is 4.79 Å². The Morgan fingerprint density at radius 1 is 1.21 bits per heavy atom. The number of hydrogen-bond donors (Lipinski definition) is 2. The lowest BCUT2D eigenvalue weighted by Gasteiger charge is -2.10. The number of amides is 1. The van der Waals surface area contributed by atoms with Crippen molar-refractivity contribution in [3.63, 3.8) is 0 Å². The van der Waals surface area contributed by atoms with Gasteiger partial charge < -0.3 is 15.0 Å². The van der Waals surface area contributed by atoms with Gasteiger partial charge in [0.25, 0.3) is 0 Å². The van der Waals surface area contributed by atoms with Gasteiger partial charge in [-0.05, 0) is 50.2 Å². The van der Waals surface area contributed by atoms with Crippen LogP contribution in [0.15, 0.2) is 53.7 Å². The van der Waals surface area contributed by atoms with Gasteiger partial charge in [-0.15, -0.1) is 0 Å². The summed E-state index contributed by atoms with van der Waals surface area (Å²) in [6.07, 6.45) is 0.130. The Hall–Kier alpha value is -2.47. The second kappa shape index (κ2) is 7.40. The van der Waals surface area contributed by atoms with Crippen molar-refractivity contribution >= 4 is 34.4 Å². The van der Waals surface area contributed by atoms with E-state index in [1.54, 1.807) is 0 Å². The van der Waals surface area contributed by atoms with E-state index in [-0.39, 0.29) is 12.0 Å². The van der Waals surface area contributed by atoms with Gasteiger partial charge in [0.2, 0.25) is 5.91 Å². The molecule has 1 heterocycles. The molecule has 0 saturated carbocycles. The third-order valence-corrected chi connectivity index (χ3v) is 4.09. The van der Waals surface area contributed by atoms with Crippen molar-refractivity contribution in [2.45, 2.75) is 25.1 Å². The summed E-state index contributed by atoms with van der Waals surface area (Å²) >= 11 is 1.38. The third-order valence-electron chi connectivity index (χ3n) is 3.22. The predicted octanol–water partition coefficient (Wildman–Crippen LogP) is 4.08. The van der Waals surface area contributed by atoms with Crippen LogP contribution < -0.4 is 10.1 Å². The molecule has 0 bridgehead atoms. The van der Waals surface area contributed by atoms with Crippen LogP contribution in [-0.4, -0.2) is 27.7 Å². The lowest BCUT2D eigenvalue weighted by molar-refractivity contribution is -0.113. The first kappa shape index (κ1) is 16.4.